The number of aryl methyl sites for hydroxylation is 2. The van der Waals surface area contributed by atoms with Gasteiger partial charge in [0.05, 0.1) is 18.5 Å². The highest BCUT2D eigenvalue weighted by Crippen LogP contribution is 2.42. The predicted octanol–water partition coefficient (Wildman–Crippen LogP) is 7.58. The molecule has 0 spiro atoms. The summed E-state index contributed by atoms with van der Waals surface area (Å²) in [7, 11) is 7.46. The maximum atomic E-state index is 12.3. The Kier molecular flexibility index (Phi) is 11.1. The number of likely N-dealkylation sites (N-methyl/N-ethyl adjacent to an activating group) is 2. The minimum atomic E-state index is -0.590. The van der Waals surface area contributed by atoms with Gasteiger partial charge in [0, 0.05) is 75.9 Å². The zero-order valence-electron chi connectivity index (χ0n) is 30.4. The van der Waals surface area contributed by atoms with Crippen LogP contribution in [0.4, 0.5) is 0 Å². The molecule has 0 amide bonds. The van der Waals surface area contributed by atoms with Crippen molar-refractivity contribution in [1.82, 2.24) is 29.7 Å². The average molecular weight is 665 g/mol. The van der Waals surface area contributed by atoms with Crippen LogP contribution in [0.5, 0.6) is 0 Å². The molecule has 0 radical (unpaired) electrons. The molecule has 260 valence electrons. The Morgan fingerprint density at radius 2 is 1.55 bits per heavy atom. The van der Waals surface area contributed by atoms with E-state index in [1.165, 1.54) is 7.11 Å². The molecule has 0 saturated carbocycles. The second-order valence-electron chi connectivity index (χ2n) is 13.7. The van der Waals surface area contributed by atoms with Gasteiger partial charge >= 0.3 is 5.97 Å². The number of H-pyrrole nitrogens is 2. The Balaban J connectivity index is 1.75. The molecule has 3 atom stereocenters. The minimum Gasteiger partial charge on any atom is -0.469 e. The molecule has 0 saturated heterocycles. The van der Waals surface area contributed by atoms with Crippen LogP contribution in [0.25, 0.3) is 45.4 Å². The first-order chi connectivity index (χ1) is 23.4. The lowest BCUT2D eigenvalue weighted by Gasteiger charge is -2.25. The molecule has 0 aliphatic carbocycles. The third-order valence-corrected chi connectivity index (χ3v) is 10.3. The molecular weight excluding hydrogens is 612 g/mol. The molecule has 5 heterocycles. The van der Waals surface area contributed by atoms with Crippen molar-refractivity contribution in [3.8, 4) is 0 Å². The molecule has 3 aromatic rings. The molecule has 5 rings (SSSR count). The second kappa shape index (κ2) is 15.1. The third-order valence-electron chi connectivity index (χ3n) is 10.3. The molecule has 2 aliphatic rings. The van der Waals surface area contributed by atoms with E-state index >= 15 is 0 Å². The molecule has 9 nitrogen and oxygen atoms in total. The summed E-state index contributed by atoms with van der Waals surface area (Å²) in [6, 6.07) is 8.46. The van der Waals surface area contributed by atoms with Crippen LogP contribution in [0, 0.1) is 13.8 Å². The largest absolute Gasteiger partial charge is 0.469 e. The summed E-state index contributed by atoms with van der Waals surface area (Å²) < 4.78 is 5.01. The number of nitrogens with zero attached hydrogens (tertiary/aromatic N) is 4. The van der Waals surface area contributed by atoms with Gasteiger partial charge in [-0.15, -0.1) is 0 Å². The number of aromatic amines is 2. The van der Waals surface area contributed by atoms with Crippen molar-refractivity contribution < 1.29 is 14.6 Å². The SMILES string of the molecule is C=Cc1c(C)c2cc3[nH]c(cc4nc(cc5nc(cc1[nH]2)C(C)=C5CCC(O)N(C)CCN(C)C)C(CCC(=O)OC)C4C)c(C)c3C=C. The summed E-state index contributed by atoms with van der Waals surface area (Å²) in [5, 5.41) is 11.1. The molecule has 0 aromatic carbocycles. The third kappa shape index (κ3) is 7.49. The lowest BCUT2D eigenvalue weighted by Crippen LogP contribution is -2.36. The Bertz CT molecular complexity index is 1950. The average Bonchev–Trinajstić information content (AvgIpc) is 3.73. The van der Waals surface area contributed by atoms with Crippen LogP contribution >= 0.6 is 0 Å². The normalized spacial score (nSPS) is 16.8. The van der Waals surface area contributed by atoms with Gasteiger partial charge in [-0.1, -0.05) is 32.2 Å². The maximum Gasteiger partial charge on any atom is 0.305 e. The maximum absolute atomic E-state index is 12.3. The summed E-state index contributed by atoms with van der Waals surface area (Å²) >= 11 is 0. The number of hydrogen-bond donors (Lipinski definition) is 3. The highest BCUT2D eigenvalue weighted by Gasteiger charge is 2.30. The van der Waals surface area contributed by atoms with Crippen molar-refractivity contribution in [3.63, 3.8) is 0 Å². The number of carbonyl (C=O) groups excluding carboxylic acids is 1. The standard InChI is InChI=1S/C40H52N6O3/c1-11-27-23(3)31-19-32-26(6)30(14-16-40(48)49-10)38(43-32)22-37-29(13-15-39(47)46(9)18-17-45(7)8)25(5)34(44-37)21-36-28(12-2)24(4)33(42-36)20-35(27)41-31/h11-12,19-22,26,30,39,41-42,47H,1-2,13-18H2,3-10H3. The summed E-state index contributed by atoms with van der Waals surface area (Å²) in [4.78, 5) is 34.1. The molecule has 3 N–H and O–H groups in total. The van der Waals surface area contributed by atoms with Gasteiger partial charge in [-0.2, -0.15) is 0 Å². The van der Waals surface area contributed by atoms with Crippen LogP contribution in [0.2, 0.25) is 0 Å². The number of allylic oxidation sites excluding steroid dienone is 2. The number of aliphatic hydroxyl groups is 1. The van der Waals surface area contributed by atoms with Crippen molar-refractivity contribution in [2.24, 2.45) is 0 Å². The summed E-state index contributed by atoms with van der Waals surface area (Å²) in [5.74, 6) is -0.166. The number of aliphatic hydroxyl groups excluding tert-OH is 1. The van der Waals surface area contributed by atoms with Crippen LogP contribution in [0.1, 0.15) is 96.4 Å². The van der Waals surface area contributed by atoms with Crippen LogP contribution < -0.4 is 0 Å². The fraction of sp³-hybridized carbons (Fsp3) is 0.425. The topological polar surface area (TPSA) is 110 Å². The zero-order chi connectivity index (χ0) is 35.6. The van der Waals surface area contributed by atoms with Crippen molar-refractivity contribution in [1.29, 1.82) is 0 Å². The molecule has 9 heteroatoms. The molecule has 3 unspecified atom stereocenters. The molecule has 8 bridgehead atoms. The fourth-order valence-corrected chi connectivity index (χ4v) is 6.99. The van der Waals surface area contributed by atoms with E-state index in [1.54, 1.807) is 0 Å². The molecule has 2 aliphatic heterocycles. The van der Waals surface area contributed by atoms with Crippen LogP contribution in [0.15, 0.2) is 37.4 Å². The van der Waals surface area contributed by atoms with Crippen molar-refractivity contribution in [3.05, 3.63) is 82.5 Å². The number of hydrogen-bond acceptors (Lipinski definition) is 7. The highest BCUT2D eigenvalue weighted by molar-refractivity contribution is 5.93. The Labute approximate surface area is 290 Å². The van der Waals surface area contributed by atoms with Gasteiger partial charge in [-0.05, 0) is 108 Å². The number of nitrogens with one attached hydrogen (secondary N) is 2. The Morgan fingerprint density at radius 1 is 0.918 bits per heavy atom. The van der Waals surface area contributed by atoms with Gasteiger partial charge in [0.1, 0.15) is 6.23 Å². The number of methoxy groups -OCH3 is 1. The van der Waals surface area contributed by atoms with E-state index in [9.17, 15) is 9.90 Å². The number of ether oxygens (including phenoxy) is 1. The quantitative estimate of drug-likeness (QED) is 0.135. The minimum absolute atomic E-state index is 0.00168. The van der Waals surface area contributed by atoms with E-state index in [1.807, 2.05) is 38.2 Å². The number of esters is 1. The smallest absolute Gasteiger partial charge is 0.305 e. The van der Waals surface area contributed by atoms with E-state index in [2.05, 4.69) is 80.0 Å². The van der Waals surface area contributed by atoms with E-state index in [-0.39, 0.29) is 17.8 Å². The van der Waals surface area contributed by atoms with Crippen molar-refractivity contribution in [2.75, 3.05) is 41.3 Å². The van der Waals surface area contributed by atoms with Crippen LogP contribution in [-0.4, -0.2) is 88.4 Å². The summed E-state index contributed by atoms with van der Waals surface area (Å²) in [5.41, 5.74) is 13.8. The second-order valence-corrected chi connectivity index (χ2v) is 13.7. The summed E-state index contributed by atoms with van der Waals surface area (Å²) in [6.07, 6.45) is 5.32. The number of rotatable bonds is 12. The first-order valence-electron chi connectivity index (χ1n) is 17.2. The Hall–Kier alpha value is -4.31. The van der Waals surface area contributed by atoms with Gasteiger partial charge in [0.25, 0.3) is 0 Å². The van der Waals surface area contributed by atoms with Crippen LogP contribution in [0.3, 0.4) is 0 Å². The first-order valence-corrected chi connectivity index (χ1v) is 17.2. The number of fused-ring (bicyclic) bond motifs is 8. The highest BCUT2D eigenvalue weighted by atomic mass is 16.5. The van der Waals surface area contributed by atoms with Crippen molar-refractivity contribution in [2.45, 2.75) is 71.4 Å². The van der Waals surface area contributed by atoms with E-state index in [4.69, 9.17) is 14.7 Å². The van der Waals surface area contributed by atoms with Gasteiger partial charge < -0.3 is 24.7 Å². The van der Waals surface area contributed by atoms with E-state index in [0.29, 0.717) is 25.7 Å². The number of aromatic nitrogens is 4. The monoisotopic (exact) mass is 664 g/mol. The zero-order valence-corrected chi connectivity index (χ0v) is 30.4. The predicted molar refractivity (Wildman–Crippen MR) is 202 cm³/mol. The first kappa shape index (κ1) is 36.0. The Morgan fingerprint density at radius 3 is 2.16 bits per heavy atom. The van der Waals surface area contributed by atoms with Gasteiger partial charge in [-0.3, -0.25) is 14.7 Å². The lowest BCUT2D eigenvalue weighted by molar-refractivity contribution is -0.140. The van der Waals surface area contributed by atoms with Crippen molar-refractivity contribution >= 4 is 51.3 Å². The molecule has 49 heavy (non-hydrogen) atoms. The lowest BCUT2D eigenvalue weighted by atomic mass is 9.87. The van der Waals surface area contributed by atoms with Gasteiger partial charge in [0.15, 0.2) is 0 Å². The van der Waals surface area contributed by atoms with Gasteiger partial charge in [-0.25, -0.2) is 4.98 Å². The molecular formula is C40H52N6O3. The van der Waals surface area contributed by atoms with E-state index < -0.39 is 6.23 Å². The van der Waals surface area contributed by atoms with Crippen LogP contribution in [-0.2, 0) is 9.53 Å². The van der Waals surface area contributed by atoms with E-state index in [0.717, 1.165) is 91.3 Å². The fourth-order valence-electron chi connectivity index (χ4n) is 6.99. The molecule has 0 fully saturated rings. The van der Waals surface area contributed by atoms with Gasteiger partial charge in [0.2, 0.25) is 0 Å². The number of carbonyl (C=O) groups is 1. The molecule has 3 aromatic heterocycles. The summed E-state index contributed by atoms with van der Waals surface area (Å²) in [6.45, 7) is 18.4.